The molecular formula is C21H20O2. The van der Waals surface area contributed by atoms with Crippen LogP contribution in [0.4, 0.5) is 0 Å². The number of benzene rings is 3. The first-order chi connectivity index (χ1) is 11.4. The first kappa shape index (κ1) is 15.3. The molecule has 0 radical (unpaired) electrons. The number of methoxy groups -OCH3 is 1. The van der Waals surface area contributed by atoms with E-state index in [1.165, 1.54) is 5.56 Å². The molecule has 0 aromatic heterocycles. The van der Waals surface area contributed by atoms with Gasteiger partial charge in [-0.15, -0.1) is 0 Å². The van der Waals surface area contributed by atoms with Crippen molar-refractivity contribution in [1.82, 2.24) is 0 Å². The minimum absolute atomic E-state index is 0.118. The van der Waals surface area contributed by atoms with Gasteiger partial charge in [-0.05, 0) is 28.8 Å². The fourth-order valence-corrected chi connectivity index (χ4v) is 2.56. The van der Waals surface area contributed by atoms with Crippen molar-refractivity contribution in [3.8, 4) is 16.9 Å². The summed E-state index contributed by atoms with van der Waals surface area (Å²) in [6, 6.07) is 28.6. The summed E-state index contributed by atoms with van der Waals surface area (Å²) in [6.45, 7) is 0.513. The molecule has 0 amide bonds. The maximum absolute atomic E-state index is 6.18. The number of hydrogen-bond donors (Lipinski definition) is 0. The van der Waals surface area contributed by atoms with Crippen molar-refractivity contribution in [3.05, 3.63) is 90.5 Å². The van der Waals surface area contributed by atoms with Crippen molar-refractivity contribution >= 4 is 0 Å². The zero-order valence-corrected chi connectivity index (χ0v) is 13.2. The summed E-state index contributed by atoms with van der Waals surface area (Å²) in [5.74, 6) is 0.845. The highest BCUT2D eigenvalue weighted by atomic mass is 16.5. The molecule has 0 aliphatic heterocycles. The monoisotopic (exact) mass is 304 g/mol. The minimum atomic E-state index is -0.118. The van der Waals surface area contributed by atoms with Gasteiger partial charge in [-0.3, -0.25) is 0 Å². The van der Waals surface area contributed by atoms with E-state index in [0.717, 1.165) is 16.9 Å². The number of ether oxygens (including phenoxy) is 2. The standard InChI is InChI=1S/C21H20O2/c1-22-16-21(18-11-6-3-7-12-18)23-20-14-8-13-19(15-20)17-9-4-2-5-10-17/h2-15,21H,16H2,1H3. The summed E-state index contributed by atoms with van der Waals surface area (Å²) in [7, 11) is 1.69. The molecule has 0 saturated carbocycles. The van der Waals surface area contributed by atoms with Gasteiger partial charge in [-0.1, -0.05) is 72.8 Å². The van der Waals surface area contributed by atoms with Gasteiger partial charge in [-0.2, -0.15) is 0 Å². The normalized spacial score (nSPS) is 11.9. The predicted molar refractivity (Wildman–Crippen MR) is 93.6 cm³/mol. The second kappa shape index (κ2) is 7.61. The van der Waals surface area contributed by atoms with Crippen molar-refractivity contribution in [2.45, 2.75) is 6.10 Å². The van der Waals surface area contributed by atoms with E-state index >= 15 is 0 Å². The van der Waals surface area contributed by atoms with Crippen LogP contribution in [0.2, 0.25) is 0 Å². The topological polar surface area (TPSA) is 18.5 Å². The first-order valence-corrected chi connectivity index (χ1v) is 7.73. The van der Waals surface area contributed by atoms with E-state index in [2.05, 4.69) is 36.4 Å². The van der Waals surface area contributed by atoms with Crippen molar-refractivity contribution in [3.63, 3.8) is 0 Å². The van der Waals surface area contributed by atoms with E-state index in [1.807, 2.05) is 48.5 Å². The van der Waals surface area contributed by atoms with Gasteiger partial charge in [0.25, 0.3) is 0 Å². The summed E-state index contributed by atoms with van der Waals surface area (Å²) < 4.78 is 11.5. The summed E-state index contributed by atoms with van der Waals surface area (Å²) in [4.78, 5) is 0. The fraction of sp³-hybridized carbons (Fsp3) is 0.143. The van der Waals surface area contributed by atoms with Crippen LogP contribution in [0, 0.1) is 0 Å². The molecule has 0 aliphatic carbocycles. The van der Waals surface area contributed by atoms with Gasteiger partial charge >= 0.3 is 0 Å². The quantitative estimate of drug-likeness (QED) is 0.629. The molecule has 2 heteroatoms. The van der Waals surface area contributed by atoms with Crippen LogP contribution in [0.3, 0.4) is 0 Å². The van der Waals surface area contributed by atoms with Crippen molar-refractivity contribution in [1.29, 1.82) is 0 Å². The molecule has 23 heavy (non-hydrogen) atoms. The maximum Gasteiger partial charge on any atom is 0.147 e. The van der Waals surface area contributed by atoms with Gasteiger partial charge in [0.05, 0.1) is 6.61 Å². The van der Waals surface area contributed by atoms with Gasteiger partial charge in [0, 0.05) is 7.11 Å². The van der Waals surface area contributed by atoms with Crippen molar-refractivity contribution in [2.24, 2.45) is 0 Å². The Kier molecular flexibility index (Phi) is 5.07. The molecule has 1 unspecified atom stereocenters. The summed E-state index contributed by atoms with van der Waals surface area (Å²) in [6.07, 6.45) is -0.118. The van der Waals surface area contributed by atoms with Crippen LogP contribution < -0.4 is 4.74 Å². The average Bonchev–Trinajstić information content (AvgIpc) is 2.63. The molecule has 3 rings (SSSR count). The van der Waals surface area contributed by atoms with E-state index < -0.39 is 0 Å². The van der Waals surface area contributed by atoms with Crippen LogP contribution in [0.5, 0.6) is 5.75 Å². The molecule has 0 spiro atoms. The zero-order valence-electron chi connectivity index (χ0n) is 13.2. The van der Waals surface area contributed by atoms with Crippen LogP contribution in [0.25, 0.3) is 11.1 Å². The largest absolute Gasteiger partial charge is 0.483 e. The van der Waals surface area contributed by atoms with Crippen LogP contribution in [-0.4, -0.2) is 13.7 Å². The molecule has 0 saturated heterocycles. The van der Waals surface area contributed by atoms with Crippen LogP contribution in [0.1, 0.15) is 11.7 Å². The minimum Gasteiger partial charge on any atom is -0.483 e. The third-order valence-electron chi connectivity index (χ3n) is 3.71. The highest BCUT2D eigenvalue weighted by Crippen LogP contribution is 2.27. The second-order valence-corrected chi connectivity index (χ2v) is 5.37. The smallest absolute Gasteiger partial charge is 0.147 e. The van der Waals surface area contributed by atoms with Gasteiger partial charge in [0.1, 0.15) is 11.9 Å². The Labute approximate surface area is 137 Å². The molecule has 0 N–H and O–H groups in total. The van der Waals surface area contributed by atoms with Gasteiger partial charge in [-0.25, -0.2) is 0 Å². The zero-order chi connectivity index (χ0) is 15.9. The van der Waals surface area contributed by atoms with E-state index in [-0.39, 0.29) is 6.10 Å². The summed E-state index contributed by atoms with van der Waals surface area (Å²) >= 11 is 0. The number of rotatable bonds is 6. The molecule has 3 aromatic rings. The summed E-state index contributed by atoms with van der Waals surface area (Å²) in [5.41, 5.74) is 3.44. The fourth-order valence-electron chi connectivity index (χ4n) is 2.56. The molecule has 0 aliphatic rings. The number of hydrogen-bond acceptors (Lipinski definition) is 2. The Morgan fingerprint density at radius 3 is 2.09 bits per heavy atom. The third-order valence-corrected chi connectivity index (χ3v) is 3.71. The second-order valence-electron chi connectivity index (χ2n) is 5.37. The van der Waals surface area contributed by atoms with E-state index in [1.54, 1.807) is 7.11 Å². The lowest BCUT2D eigenvalue weighted by atomic mass is 10.1. The van der Waals surface area contributed by atoms with Gasteiger partial charge in [0.2, 0.25) is 0 Å². The molecule has 3 aromatic carbocycles. The van der Waals surface area contributed by atoms with Crippen molar-refractivity contribution in [2.75, 3.05) is 13.7 Å². The Morgan fingerprint density at radius 2 is 1.39 bits per heavy atom. The predicted octanol–water partition coefficient (Wildman–Crippen LogP) is 5.12. The molecule has 2 nitrogen and oxygen atoms in total. The Morgan fingerprint density at radius 1 is 0.739 bits per heavy atom. The highest BCUT2D eigenvalue weighted by Gasteiger charge is 2.13. The lowest BCUT2D eigenvalue weighted by Gasteiger charge is -2.19. The van der Waals surface area contributed by atoms with E-state index in [0.29, 0.717) is 6.61 Å². The van der Waals surface area contributed by atoms with E-state index in [9.17, 15) is 0 Å². The highest BCUT2D eigenvalue weighted by molar-refractivity contribution is 5.64. The first-order valence-electron chi connectivity index (χ1n) is 7.73. The molecule has 0 bridgehead atoms. The Bertz CT molecular complexity index is 723. The maximum atomic E-state index is 6.18. The Hall–Kier alpha value is -2.58. The van der Waals surface area contributed by atoms with Crippen LogP contribution >= 0.6 is 0 Å². The van der Waals surface area contributed by atoms with Crippen LogP contribution in [-0.2, 0) is 4.74 Å². The SMILES string of the molecule is COCC(Oc1cccc(-c2ccccc2)c1)c1ccccc1. The van der Waals surface area contributed by atoms with Crippen molar-refractivity contribution < 1.29 is 9.47 Å². The van der Waals surface area contributed by atoms with Gasteiger partial charge < -0.3 is 9.47 Å². The average molecular weight is 304 g/mol. The summed E-state index contributed by atoms with van der Waals surface area (Å²) in [5, 5.41) is 0. The molecule has 0 heterocycles. The van der Waals surface area contributed by atoms with E-state index in [4.69, 9.17) is 9.47 Å². The molecule has 116 valence electrons. The molecule has 0 fully saturated rings. The van der Waals surface area contributed by atoms with Gasteiger partial charge in [0.15, 0.2) is 0 Å². The van der Waals surface area contributed by atoms with Crippen LogP contribution in [0.15, 0.2) is 84.9 Å². The Balaban J connectivity index is 1.84. The lowest BCUT2D eigenvalue weighted by Crippen LogP contribution is -2.13. The third kappa shape index (κ3) is 3.99. The lowest BCUT2D eigenvalue weighted by molar-refractivity contribution is 0.0810. The molecular weight excluding hydrogens is 284 g/mol. The molecule has 1 atom stereocenters.